The Morgan fingerprint density at radius 3 is 2.35 bits per heavy atom. The molecule has 0 heterocycles. The quantitative estimate of drug-likeness (QED) is 0.847. The Morgan fingerprint density at radius 2 is 1.73 bits per heavy atom. The molecular weight excluding hydrogens is 338 g/mol. The van der Waals surface area contributed by atoms with Crippen LogP contribution in [0.15, 0.2) is 42.5 Å². The second-order valence-electron chi connectivity index (χ2n) is 7.15. The third kappa shape index (κ3) is 4.88. The molecule has 0 saturated heterocycles. The maximum absolute atomic E-state index is 13.8. The summed E-state index contributed by atoms with van der Waals surface area (Å²) in [6, 6.07) is 9.05. The first-order chi connectivity index (χ1) is 12.1. The van der Waals surface area contributed by atoms with Crippen molar-refractivity contribution in [3.05, 3.63) is 65.2 Å². The summed E-state index contributed by atoms with van der Waals surface area (Å²) in [5.74, 6) is -1.99. The molecule has 0 fully saturated rings. The zero-order chi connectivity index (χ0) is 19.5. The zero-order valence-electron chi connectivity index (χ0n) is 15.2. The third-order valence-corrected chi connectivity index (χ3v) is 3.84. The van der Waals surface area contributed by atoms with Gasteiger partial charge in [0, 0.05) is 28.3 Å². The number of nitrogens with one attached hydrogen (secondary N) is 2. The van der Waals surface area contributed by atoms with Crippen molar-refractivity contribution in [2.75, 3.05) is 5.32 Å². The van der Waals surface area contributed by atoms with Gasteiger partial charge in [0.2, 0.25) is 5.91 Å². The standard InChI is InChI=1S/C20H22F2N2O2/c1-12(16-9-8-14(21)11-17(16)22)23-18(25)13-6-5-7-15(10-13)24-19(26)20(2,3)4/h5-12H,1-4H3,(H,23,25)(H,24,26). The fourth-order valence-electron chi connectivity index (χ4n) is 2.27. The molecule has 2 amide bonds. The van der Waals surface area contributed by atoms with Crippen molar-refractivity contribution in [2.45, 2.75) is 33.7 Å². The SMILES string of the molecule is CC(NC(=O)c1cccc(NC(=O)C(C)(C)C)c1)c1ccc(F)cc1F. The lowest BCUT2D eigenvalue weighted by Crippen LogP contribution is -2.29. The first kappa shape index (κ1) is 19.6. The number of rotatable bonds is 4. The molecule has 4 nitrogen and oxygen atoms in total. The Morgan fingerprint density at radius 1 is 1.04 bits per heavy atom. The van der Waals surface area contributed by atoms with Gasteiger partial charge in [-0.25, -0.2) is 8.78 Å². The third-order valence-electron chi connectivity index (χ3n) is 3.84. The van der Waals surface area contributed by atoms with Crippen LogP contribution in [0, 0.1) is 17.0 Å². The monoisotopic (exact) mass is 360 g/mol. The molecule has 0 saturated carbocycles. The molecule has 6 heteroatoms. The number of halogens is 2. The maximum atomic E-state index is 13.8. The summed E-state index contributed by atoms with van der Waals surface area (Å²) in [5.41, 5.74) is 0.452. The van der Waals surface area contributed by atoms with Crippen LogP contribution in [0.2, 0.25) is 0 Å². The summed E-state index contributed by atoms with van der Waals surface area (Å²) < 4.78 is 26.8. The van der Waals surface area contributed by atoms with E-state index in [0.717, 1.165) is 12.1 Å². The van der Waals surface area contributed by atoms with Gasteiger partial charge in [0.25, 0.3) is 5.91 Å². The number of hydrogen-bond acceptors (Lipinski definition) is 2. The van der Waals surface area contributed by atoms with E-state index < -0.39 is 29.0 Å². The van der Waals surface area contributed by atoms with Gasteiger partial charge in [0.15, 0.2) is 0 Å². The molecule has 1 unspecified atom stereocenters. The molecule has 26 heavy (non-hydrogen) atoms. The van der Waals surface area contributed by atoms with Gasteiger partial charge >= 0.3 is 0 Å². The first-order valence-electron chi connectivity index (χ1n) is 8.25. The molecule has 0 radical (unpaired) electrons. The van der Waals surface area contributed by atoms with E-state index in [-0.39, 0.29) is 11.5 Å². The predicted octanol–water partition coefficient (Wildman–Crippen LogP) is 4.44. The van der Waals surface area contributed by atoms with Crippen LogP contribution in [-0.4, -0.2) is 11.8 Å². The minimum atomic E-state index is -0.719. The minimum Gasteiger partial charge on any atom is -0.345 e. The maximum Gasteiger partial charge on any atom is 0.251 e. The Kier molecular flexibility index (Phi) is 5.75. The van der Waals surface area contributed by atoms with Crippen LogP contribution in [0.5, 0.6) is 0 Å². The molecule has 0 bridgehead atoms. The topological polar surface area (TPSA) is 58.2 Å². The number of amides is 2. The van der Waals surface area contributed by atoms with Gasteiger partial charge in [-0.15, -0.1) is 0 Å². The first-order valence-corrected chi connectivity index (χ1v) is 8.25. The lowest BCUT2D eigenvalue weighted by Gasteiger charge is -2.18. The normalized spacial score (nSPS) is 12.4. The van der Waals surface area contributed by atoms with Gasteiger partial charge in [-0.05, 0) is 31.2 Å². The fraction of sp³-hybridized carbons (Fsp3) is 0.300. The van der Waals surface area contributed by atoms with Crippen LogP contribution in [0.25, 0.3) is 0 Å². The highest BCUT2D eigenvalue weighted by Crippen LogP contribution is 2.20. The van der Waals surface area contributed by atoms with Gasteiger partial charge in [-0.2, -0.15) is 0 Å². The molecule has 2 aromatic carbocycles. The van der Waals surface area contributed by atoms with E-state index in [1.54, 1.807) is 52.0 Å². The van der Waals surface area contributed by atoms with Crippen molar-refractivity contribution in [3.8, 4) is 0 Å². The Hall–Kier alpha value is -2.76. The van der Waals surface area contributed by atoms with Crippen molar-refractivity contribution in [2.24, 2.45) is 5.41 Å². The Bertz CT molecular complexity index is 829. The number of anilines is 1. The van der Waals surface area contributed by atoms with Crippen molar-refractivity contribution in [1.29, 1.82) is 0 Å². The van der Waals surface area contributed by atoms with Crippen molar-refractivity contribution < 1.29 is 18.4 Å². The van der Waals surface area contributed by atoms with Crippen LogP contribution in [0.3, 0.4) is 0 Å². The molecule has 0 aliphatic carbocycles. The van der Waals surface area contributed by atoms with Crippen LogP contribution in [0.1, 0.15) is 49.7 Å². The van der Waals surface area contributed by atoms with Crippen LogP contribution >= 0.6 is 0 Å². The molecule has 138 valence electrons. The molecule has 0 aliphatic heterocycles. The highest BCUT2D eigenvalue weighted by atomic mass is 19.1. The van der Waals surface area contributed by atoms with E-state index >= 15 is 0 Å². The summed E-state index contributed by atoms with van der Waals surface area (Å²) in [6.07, 6.45) is 0. The summed E-state index contributed by atoms with van der Waals surface area (Å²) in [5, 5.41) is 5.43. The summed E-state index contributed by atoms with van der Waals surface area (Å²) in [7, 11) is 0. The second-order valence-corrected chi connectivity index (χ2v) is 7.15. The van der Waals surface area contributed by atoms with Crippen LogP contribution < -0.4 is 10.6 Å². The van der Waals surface area contributed by atoms with Crippen molar-refractivity contribution in [1.82, 2.24) is 5.32 Å². The average molecular weight is 360 g/mol. The smallest absolute Gasteiger partial charge is 0.251 e. The van der Waals surface area contributed by atoms with Crippen LogP contribution in [0.4, 0.5) is 14.5 Å². The molecule has 2 N–H and O–H groups in total. The number of hydrogen-bond donors (Lipinski definition) is 2. The second kappa shape index (κ2) is 7.64. The van der Waals surface area contributed by atoms with E-state index in [4.69, 9.17) is 0 Å². The average Bonchev–Trinajstić information content (AvgIpc) is 2.54. The number of carbonyl (C=O) groups excluding carboxylic acids is 2. The van der Waals surface area contributed by atoms with Gasteiger partial charge in [0.05, 0.1) is 6.04 Å². The molecular formula is C20H22F2N2O2. The molecule has 2 rings (SSSR count). The van der Waals surface area contributed by atoms with Crippen LogP contribution in [-0.2, 0) is 4.79 Å². The number of carbonyl (C=O) groups is 2. The Balaban J connectivity index is 2.12. The number of benzene rings is 2. The molecule has 0 spiro atoms. The van der Waals surface area contributed by atoms with E-state index in [0.29, 0.717) is 11.3 Å². The molecule has 2 aromatic rings. The minimum absolute atomic E-state index is 0.170. The van der Waals surface area contributed by atoms with E-state index in [1.807, 2.05) is 0 Å². The van der Waals surface area contributed by atoms with Gasteiger partial charge in [-0.3, -0.25) is 9.59 Å². The van der Waals surface area contributed by atoms with Gasteiger partial charge in [-0.1, -0.05) is 32.9 Å². The van der Waals surface area contributed by atoms with Crippen molar-refractivity contribution in [3.63, 3.8) is 0 Å². The highest BCUT2D eigenvalue weighted by Gasteiger charge is 2.21. The largest absolute Gasteiger partial charge is 0.345 e. The highest BCUT2D eigenvalue weighted by molar-refractivity contribution is 5.98. The summed E-state index contributed by atoms with van der Waals surface area (Å²) >= 11 is 0. The molecule has 1 atom stereocenters. The lowest BCUT2D eigenvalue weighted by atomic mass is 9.95. The fourth-order valence-corrected chi connectivity index (χ4v) is 2.27. The van der Waals surface area contributed by atoms with E-state index in [9.17, 15) is 18.4 Å². The zero-order valence-corrected chi connectivity index (χ0v) is 15.2. The van der Waals surface area contributed by atoms with Crippen molar-refractivity contribution >= 4 is 17.5 Å². The predicted molar refractivity (Wildman–Crippen MR) is 96.8 cm³/mol. The summed E-state index contributed by atoms with van der Waals surface area (Å²) in [6.45, 7) is 6.98. The molecule has 0 aromatic heterocycles. The Labute approximate surface area is 151 Å². The van der Waals surface area contributed by atoms with E-state index in [1.165, 1.54) is 6.07 Å². The van der Waals surface area contributed by atoms with E-state index in [2.05, 4.69) is 10.6 Å². The lowest BCUT2D eigenvalue weighted by molar-refractivity contribution is -0.123. The summed E-state index contributed by atoms with van der Waals surface area (Å²) in [4.78, 5) is 24.5. The van der Waals surface area contributed by atoms with Gasteiger partial charge < -0.3 is 10.6 Å². The van der Waals surface area contributed by atoms with Gasteiger partial charge in [0.1, 0.15) is 11.6 Å². The molecule has 0 aliphatic rings.